The summed E-state index contributed by atoms with van der Waals surface area (Å²) in [4.78, 5) is 88.0. The lowest BCUT2D eigenvalue weighted by atomic mass is 9.98. The topological polar surface area (TPSA) is 205 Å². The molecule has 5 atom stereocenters. The van der Waals surface area contributed by atoms with E-state index in [4.69, 9.17) is 4.74 Å². The molecule has 348 valence electrons. The number of carboxylic acid groups (broad SMARTS) is 1. The van der Waals surface area contributed by atoms with E-state index >= 15 is 0 Å². The van der Waals surface area contributed by atoms with Gasteiger partial charge in [-0.1, -0.05) is 127 Å². The van der Waals surface area contributed by atoms with Crippen LogP contribution >= 0.6 is 0 Å². The monoisotopic (exact) mass is 914 g/mol. The van der Waals surface area contributed by atoms with E-state index in [1.54, 1.807) is 48.8 Å². The van der Waals surface area contributed by atoms with Gasteiger partial charge in [-0.3, -0.25) is 29.0 Å². The van der Waals surface area contributed by atoms with Gasteiger partial charge in [0.05, 0.1) is 0 Å². The molecule has 8 rings (SSSR count). The number of amides is 5. The lowest BCUT2D eigenvalue weighted by Crippen LogP contribution is -2.59. The van der Waals surface area contributed by atoms with E-state index in [9.17, 15) is 33.9 Å². The third kappa shape index (κ3) is 14.2. The third-order valence-corrected chi connectivity index (χ3v) is 11.7. The molecule has 0 saturated heterocycles. The molecule has 0 radical (unpaired) electrons. The number of ether oxygens (including phenoxy) is 1. The fourth-order valence-electron chi connectivity index (χ4n) is 7.95. The van der Waals surface area contributed by atoms with Gasteiger partial charge in [0.15, 0.2) is 6.61 Å². The average molecular weight is 915 g/mol. The van der Waals surface area contributed by atoms with Crippen LogP contribution in [0.5, 0.6) is 5.75 Å². The van der Waals surface area contributed by atoms with Crippen molar-refractivity contribution in [3.8, 4) is 16.9 Å². The van der Waals surface area contributed by atoms with Crippen LogP contribution in [0.1, 0.15) is 40.7 Å². The maximum absolute atomic E-state index is 14.7. The van der Waals surface area contributed by atoms with Gasteiger partial charge in [-0.15, -0.1) is 0 Å². The van der Waals surface area contributed by atoms with Gasteiger partial charge < -0.3 is 36.4 Å². The molecule has 0 fully saturated rings. The SMILES string of the molecule is O=C1COc2ccc(cc2)C[C@H](C(=O)N[C@H](CCc2ccccc2)C(=O)O)NC(=O)C(CCc2ccccc2)NC(=O)[C@@H](Cc2ccc(-c3ccccc3)cc2)NC(=O)[C@H](Cc2ccncc2)N1. The maximum Gasteiger partial charge on any atom is 0.326 e. The fraction of sp³-hybridized carbons (Fsp3) is 0.241. The van der Waals surface area contributed by atoms with Gasteiger partial charge in [-0.2, -0.15) is 0 Å². The van der Waals surface area contributed by atoms with Crippen LogP contribution < -0.4 is 31.3 Å². The molecule has 2 aliphatic heterocycles. The average Bonchev–Trinajstić information content (AvgIpc) is 3.36. The largest absolute Gasteiger partial charge is 0.484 e. The zero-order valence-electron chi connectivity index (χ0n) is 37.4. The van der Waals surface area contributed by atoms with Gasteiger partial charge in [0.25, 0.3) is 5.91 Å². The van der Waals surface area contributed by atoms with E-state index in [-0.39, 0.29) is 32.1 Å². The first-order chi connectivity index (χ1) is 33.1. The van der Waals surface area contributed by atoms with Crippen LogP contribution in [0.3, 0.4) is 0 Å². The van der Waals surface area contributed by atoms with Crippen molar-refractivity contribution in [3.63, 3.8) is 0 Å². The molecule has 5 aromatic carbocycles. The number of hydrogen-bond donors (Lipinski definition) is 6. The zero-order chi connectivity index (χ0) is 47.7. The van der Waals surface area contributed by atoms with Crippen LogP contribution in [0.25, 0.3) is 11.1 Å². The van der Waals surface area contributed by atoms with Gasteiger partial charge in [-0.05, 0) is 88.9 Å². The van der Waals surface area contributed by atoms with E-state index in [1.807, 2.05) is 115 Å². The Morgan fingerprint density at radius 1 is 0.588 bits per heavy atom. The summed E-state index contributed by atoms with van der Waals surface area (Å²) in [5.74, 6) is -4.27. The number of carbonyl (C=O) groups excluding carboxylic acids is 5. The molecule has 0 saturated carbocycles. The molecule has 5 amide bonds. The summed E-state index contributed by atoms with van der Waals surface area (Å²) in [6, 6.07) is 39.8. The van der Waals surface area contributed by atoms with Crippen LogP contribution in [0.15, 0.2) is 164 Å². The second-order valence-electron chi connectivity index (χ2n) is 16.7. The van der Waals surface area contributed by atoms with Crippen LogP contribution in [0, 0.1) is 0 Å². The van der Waals surface area contributed by atoms with Crippen molar-refractivity contribution >= 4 is 35.5 Å². The number of carboxylic acids is 1. The second-order valence-corrected chi connectivity index (χ2v) is 16.7. The van der Waals surface area contributed by atoms with Gasteiger partial charge in [0.1, 0.15) is 36.0 Å². The number of hydrogen-bond acceptors (Lipinski definition) is 8. The van der Waals surface area contributed by atoms with E-state index < -0.39 is 72.3 Å². The summed E-state index contributed by atoms with van der Waals surface area (Å²) in [7, 11) is 0. The number of nitrogens with zero attached hydrogens (tertiary/aromatic N) is 1. The number of rotatable bonds is 14. The first kappa shape index (κ1) is 47.8. The lowest BCUT2D eigenvalue weighted by molar-refractivity contribution is -0.142. The summed E-state index contributed by atoms with van der Waals surface area (Å²) >= 11 is 0. The van der Waals surface area contributed by atoms with Gasteiger partial charge in [-0.25, -0.2) is 4.79 Å². The normalized spacial score (nSPS) is 18.5. The Morgan fingerprint density at radius 3 is 1.74 bits per heavy atom. The number of benzene rings is 5. The highest BCUT2D eigenvalue weighted by Gasteiger charge is 2.33. The number of aliphatic carboxylic acids is 1. The van der Waals surface area contributed by atoms with E-state index in [1.165, 1.54) is 0 Å². The predicted molar refractivity (Wildman–Crippen MR) is 256 cm³/mol. The molecule has 14 nitrogen and oxygen atoms in total. The van der Waals surface area contributed by atoms with Crippen molar-refractivity contribution in [2.75, 3.05) is 6.61 Å². The van der Waals surface area contributed by atoms with Crippen molar-refractivity contribution < 1.29 is 38.6 Å². The van der Waals surface area contributed by atoms with Crippen LogP contribution in [-0.2, 0) is 60.9 Å². The molecule has 0 spiro atoms. The fourth-order valence-corrected chi connectivity index (χ4v) is 7.95. The minimum absolute atomic E-state index is 0.0112. The number of pyridine rings is 1. The Bertz CT molecular complexity index is 2620. The second kappa shape index (κ2) is 23.9. The van der Waals surface area contributed by atoms with E-state index in [0.29, 0.717) is 35.3 Å². The quantitative estimate of drug-likeness (QED) is 0.0818. The number of aryl methyl sites for hydroxylation is 2. The Morgan fingerprint density at radius 2 is 1.12 bits per heavy atom. The molecule has 6 N–H and O–H groups in total. The van der Waals surface area contributed by atoms with Crippen molar-refractivity contribution in [1.29, 1.82) is 0 Å². The summed E-state index contributed by atoms with van der Waals surface area (Å²) in [5, 5.41) is 24.2. The highest BCUT2D eigenvalue weighted by Crippen LogP contribution is 2.21. The molecule has 6 aromatic rings. The Kier molecular flexibility index (Phi) is 16.8. The van der Waals surface area contributed by atoms with Gasteiger partial charge in [0.2, 0.25) is 23.6 Å². The molecule has 2 aliphatic rings. The van der Waals surface area contributed by atoms with Crippen LogP contribution in [0.4, 0.5) is 0 Å². The first-order valence-electron chi connectivity index (χ1n) is 22.6. The number of fused-ring (bicyclic) bond motifs is 16. The molecule has 1 unspecified atom stereocenters. The van der Waals surface area contributed by atoms with Crippen LogP contribution in [-0.4, -0.2) is 82.4 Å². The van der Waals surface area contributed by atoms with Crippen LogP contribution in [0.2, 0.25) is 0 Å². The number of carbonyl (C=O) groups is 6. The highest BCUT2D eigenvalue weighted by molar-refractivity contribution is 5.96. The van der Waals surface area contributed by atoms with Gasteiger partial charge >= 0.3 is 5.97 Å². The van der Waals surface area contributed by atoms with Crippen molar-refractivity contribution in [3.05, 3.63) is 192 Å². The third-order valence-electron chi connectivity index (χ3n) is 11.7. The minimum atomic E-state index is -1.29. The molecule has 1 aromatic heterocycles. The Balaban J connectivity index is 1.21. The Hall–Kier alpha value is -8.13. The number of nitrogens with one attached hydrogen (secondary N) is 5. The molecule has 68 heavy (non-hydrogen) atoms. The molecular weight excluding hydrogens is 861 g/mol. The molecular formula is C54H54N6O8. The smallest absolute Gasteiger partial charge is 0.326 e. The molecule has 3 heterocycles. The van der Waals surface area contributed by atoms with Crippen molar-refractivity contribution in [2.24, 2.45) is 0 Å². The first-order valence-corrected chi connectivity index (χ1v) is 22.6. The van der Waals surface area contributed by atoms with Crippen molar-refractivity contribution in [1.82, 2.24) is 31.6 Å². The summed E-state index contributed by atoms with van der Waals surface area (Å²) < 4.78 is 5.81. The van der Waals surface area contributed by atoms with E-state index in [2.05, 4.69) is 31.6 Å². The molecule has 2 bridgehead atoms. The zero-order valence-corrected chi connectivity index (χ0v) is 37.4. The summed E-state index contributed by atoms with van der Waals surface area (Å²) in [6.45, 7) is -0.444. The summed E-state index contributed by atoms with van der Waals surface area (Å²) in [5.41, 5.74) is 5.73. The molecule has 0 aliphatic carbocycles. The van der Waals surface area contributed by atoms with Crippen molar-refractivity contribution in [2.45, 2.75) is 75.2 Å². The maximum atomic E-state index is 14.7. The Labute approximate surface area is 394 Å². The minimum Gasteiger partial charge on any atom is -0.484 e. The lowest BCUT2D eigenvalue weighted by Gasteiger charge is -2.27. The highest BCUT2D eigenvalue weighted by atomic mass is 16.5. The molecule has 14 heteroatoms. The van der Waals surface area contributed by atoms with Gasteiger partial charge in [0, 0.05) is 31.7 Å². The predicted octanol–water partition coefficient (Wildman–Crippen LogP) is 4.94. The standard InChI is InChI=1S/C54H54N6O8/c61-49-35-68-43-24-18-39(19-25-43)33-48(53(65)58-45(54(66)67)27-21-37-12-6-2-7-13-37)59-50(62)44(26-20-36-10-4-1-5-11-36)57-52(64)47(60-51(63)46(56-49)34-40-28-30-55-31-29-40)32-38-16-22-42(23-17-38)41-14-8-3-9-15-41/h1-19,22-25,28-31,44-48H,20-21,26-27,32-35H2,(H,56,61)(H,57,64)(H,58,65)(H,59,62)(H,60,63)(H,66,67)/t44?,45-,46+,47-,48-/m1/s1. The summed E-state index contributed by atoms with van der Waals surface area (Å²) in [6.07, 6.45) is 4.09. The number of aromatic nitrogens is 1. The van der Waals surface area contributed by atoms with E-state index in [0.717, 1.165) is 22.3 Å².